The molecule has 2 N–H and O–H groups in total. The summed E-state index contributed by atoms with van der Waals surface area (Å²) in [6.45, 7) is 7.40. The van der Waals surface area contributed by atoms with Crippen molar-refractivity contribution in [1.82, 2.24) is 0 Å². The number of benzene rings is 1. The highest BCUT2D eigenvalue weighted by molar-refractivity contribution is 6.55. The molecule has 7 nitrogen and oxygen atoms in total. The maximum absolute atomic E-state index is 12.2. The molecule has 8 heteroatoms. The molecule has 3 rings (SSSR count). The van der Waals surface area contributed by atoms with Crippen molar-refractivity contribution < 1.29 is 28.7 Å². The number of carbonyl (C=O) groups is 1. The summed E-state index contributed by atoms with van der Waals surface area (Å²) >= 11 is 0. The number of carboxylic acids is 1. The van der Waals surface area contributed by atoms with Crippen LogP contribution in [-0.4, -0.2) is 41.1 Å². The Bertz CT molecular complexity index is 971. The Labute approximate surface area is 156 Å². The summed E-state index contributed by atoms with van der Waals surface area (Å²) in [5.74, 6) is -1.72. The quantitative estimate of drug-likeness (QED) is 0.795. The van der Waals surface area contributed by atoms with Gasteiger partial charge >= 0.3 is 13.1 Å². The number of aliphatic hydroxyl groups is 1. The number of rotatable bonds is 4. The van der Waals surface area contributed by atoms with E-state index in [0.717, 1.165) is 6.07 Å². The topological polar surface area (TPSA) is 106 Å². The van der Waals surface area contributed by atoms with Crippen molar-refractivity contribution in [3.05, 3.63) is 51.3 Å². The third-order valence-corrected chi connectivity index (χ3v) is 5.05. The van der Waals surface area contributed by atoms with Crippen molar-refractivity contribution in [2.45, 2.75) is 38.9 Å². The average Bonchev–Trinajstić information content (AvgIpc) is 2.80. The number of aromatic carboxylic acids is 1. The van der Waals surface area contributed by atoms with Crippen molar-refractivity contribution in [3.8, 4) is 0 Å². The fourth-order valence-electron chi connectivity index (χ4n) is 2.77. The molecule has 1 aliphatic heterocycles. The van der Waals surface area contributed by atoms with Crippen LogP contribution in [0, 0.1) is 0 Å². The number of aliphatic hydroxyl groups excluding tert-OH is 1. The van der Waals surface area contributed by atoms with Crippen molar-refractivity contribution in [2.24, 2.45) is 0 Å². The lowest BCUT2D eigenvalue weighted by atomic mass is 9.77. The van der Waals surface area contributed by atoms with Crippen LogP contribution in [0.3, 0.4) is 0 Å². The van der Waals surface area contributed by atoms with E-state index in [2.05, 4.69) is 0 Å². The van der Waals surface area contributed by atoms with Gasteiger partial charge in [0.25, 0.3) is 0 Å². The van der Waals surface area contributed by atoms with Crippen LogP contribution in [0.4, 0.5) is 0 Å². The lowest BCUT2D eigenvalue weighted by Crippen LogP contribution is -2.41. The predicted molar refractivity (Wildman–Crippen MR) is 101 cm³/mol. The molecule has 27 heavy (non-hydrogen) atoms. The summed E-state index contributed by atoms with van der Waals surface area (Å²) in [6.07, 6.45) is 1.69. The van der Waals surface area contributed by atoms with Crippen LogP contribution < -0.4 is 5.43 Å². The van der Waals surface area contributed by atoms with Crippen molar-refractivity contribution >= 4 is 30.1 Å². The second-order valence-electron chi connectivity index (χ2n) is 7.50. The molecular weight excluding hydrogens is 351 g/mol. The zero-order valence-corrected chi connectivity index (χ0v) is 15.6. The number of hydrogen-bond acceptors (Lipinski definition) is 6. The summed E-state index contributed by atoms with van der Waals surface area (Å²) in [6, 6.07) is 5.71. The molecule has 1 fully saturated rings. The van der Waals surface area contributed by atoms with Gasteiger partial charge in [-0.25, -0.2) is 4.79 Å². The molecule has 0 atom stereocenters. The van der Waals surface area contributed by atoms with Crippen LogP contribution in [-0.2, 0) is 9.31 Å². The molecule has 0 bridgehead atoms. The summed E-state index contributed by atoms with van der Waals surface area (Å²) in [4.78, 5) is 23.2. The summed E-state index contributed by atoms with van der Waals surface area (Å²) in [5, 5.41) is 19.0. The second-order valence-corrected chi connectivity index (χ2v) is 7.50. The van der Waals surface area contributed by atoms with Crippen molar-refractivity contribution in [3.63, 3.8) is 0 Å². The van der Waals surface area contributed by atoms with Gasteiger partial charge in [-0.1, -0.05) is 12.1 Å². The molecule has 1 saturated heterocycles. The molecule has 0 aliphatic carbocycles. The Morgan fingerprint density at radius 1 is 1.15 bits per heavy atom. The van der Waals surface area contributed by atoms with Gasteiger partial charge in [0.05, 0.1) is 23.2 Å². The highest BCUT2D eigenvalue weighted by atomic mass is 16.7. The van der Waals surface area contributed by atoms with E-state index in [1.54, 1.807) is 18.2 Å². The van der Waals surface area contributed by atoms with Gasteiger partial charge in [0.2, 0.25) is 5.76 Å². The highest BCUT2D eigenvalue weighted by Gasteiger charge is 2.52. The molecular formula is C19H21BO7. The minimum atomic E-state index is -1.30. The van der Waals surface area contributed by atoms with Crippen LogP contribution in [0.2, 0.25) is 0 Å². The second kappa shape index (κ2) is 6.63. The van der Waals surface area contributed by atoms with E-state index in [0.29, 0.717) is 11.0 Å². The van der Waals surface area contributed by atoms with Gasteiger partial charge in [0.1, 0.15) is 5.58 Å². The largest absolute Gasteiger partial charge is 0.492 e. The Morgan fingerprint density at radius 3 is 2.33 bits per heavy atom. The minimum Gasteiger partial charge on any atom is -0.475 e. The molecule has 0 spiro atoms. The van der Waals surface area contributed by atoms with Gasteiger partial charge in [-0.05, 0) is 50.9 Å². The van der Waals surface area contributed by atoms with Gasteiger partial charge in [-0.2, -0.15) is 0 Å². The van der Waals surface area contributed by atoms with Gasteiger partial charge in [0.15, 0.2) is 5.43 Å². The van der Waals surface area contributed by atoms with Crippen molar-refractivity contribution in [2.75, 3.05) is 6.61 Å². The molecule has 142 valence electrons. The van der Waals surface area contributed by atoms with Gasteiger partial charge in [-0.3, -0.25) is 4.79 Å². The van der Waals surface area contributed by atoms with Crippen LogP contribution in [0.1, 0.15) is 43.8 Å². The molecule has 0 saturated carbocycles. The first kappa shape index (κ1) is 19.3. The SMILES string of the molecule is CC1(C)OB(C(=Cc2ccc3oc(C(=O)O)cc(=O)c3c2)CO)OC1(C)C. The molecule has 2 heterocycles. The fourth-order valence-corrected chi connectivity index (χ4v) is 2.77. The monoisotopic (exact) mass is 372 g/mol. The smallest absolute Gasteiger partial charge is 0.475 e. The summed E-state index contributed by atoms with van der Waals surface area (Å²) in [5.41, 5.74) is -0.202. The maximum atomic E-state index is 12.2. The average molecular weight is 372 g/mol. The molecule has 2 aromatic rings. The normalized spacial score (nSPS) is 18.9. The molecule has 0 unspecified atom stereocenters. The van der Waals surface area contributed by atoms with Gasteiger partial charge < -0.3 is 23.9 Å². The zero-order valence-electron chi connectivity index (χ0n) is 15.6. The molecule has 0 radical (unpaired) electrons. The Hall–Kier alpha value is -2.42. The van der Waals surface area contributed by atoms with Crippen molar-refractivity contribution in [1.29, 1.82) is 0 Å². The third-order valence-electron chi connectivity index (χ3n) is 5.05. The summed E-state index contributed by atoms with van der Waals surface area (Å²) in [7, 11) is -0.707. The Morgan fingerprint density at radius 2 is 1.78 bits per heavy atom. The van der Waals surface area contributed by atoms with Crippen LogP contribution in [0.5, 0.6) is 0 Å². The van der Waals surface area contributed by atoms with Crippen LogP contribution >= 0.6 is 0 Å². The number of hydrogen-bond donors (Lipinski definition) is 2. The lowest BCUT2D eigenvalue weighted by Gasteiger charge is -2.32. The first-order valence-electron chi connectivity index (χ1n) is 8.52. The molecule has 1 aromatic heterocycles. The fraction of sp³-hybridized carbons (Fsp3) is 0.368. The van der Waals surface area contributed by atoms with E-state index < -0.39 is 35.5 Å². The molecule has 1 aliphatic rings. The summed E-state index contributed by atoms with van der Waals surface area (Å²) < 4.78 is 17.1. The van der Waals surface area contributed by atoms with E-state index in [9.17, 15) is 14.7 Å². The minimum absolute atomic E-state index is 0.179. The van der Waals surface area contributed by atoms with Crippen LogP contribution in [0.15, 0.2) is 38.9 Å². The Balaban J connectivity index is 1.99. The Kier molecular flexibility index (Phi) is 4.75. The van der Waals surface area contributed by atoms with Gasteiger partial charge in [0, 0.05) is 6.07 Å². The van der Waals surface area contributed by atoms with Gasteiger partial charge in [-0.15, -0.1) is 0 Å². The number of carboxylic acid groups (broad SMARTS) is 1. The molecule has 1 aromatic carbocycles. The maximum Gasteiger partial charge on any atom is 0.492 e. The molecule has 0 amide bonds. The highest BCUT2D eigenvalue weighted by Crippen LogP contribution is 2.38. The van der Waals surface area contributed by atoms with E-state index in [4.69, 9.17) is 18.8 Å². The van der Waals surface area contributed by atoms with E-state index in [1.165, 1.54) is 6.07 Å². The first-order chi connectivity index (χ1) is 12.5. The zero-order chi connectivity index (χ0) is 20.0. The standard InChI is InChI=1S/C19H21BO7/c1-18(2)19(3,4)27-20(26-18)12(10-21)7-11-5-6-15-13(8-11)14(22)9-16(25-15)17(23)24/h5-9,21H,10H2,1-4H3,(H,23,24). The third kappa shape index (κ3) is 3.56. The van der Waals surface area contributed by atoms with E-state index in [1.807, 2.05) is 27.7 Å². The first-order valence-corrected chi connectivity index (χ1v) is 8.52. The predicted octanol–water partition coefficient (Wildman–Crippen LogP) is 2.50. The lowest BCUT2D eigenvalue weighted by molar-refractivity contribution is 0.00578. The number of fused-ring (bicyclic) bond motifs is 1. The van der Waals surface area contributed by atoms with E-state index in [-0.39, 0.29) is 17.6 Å². The van der Waals surface area contributed by atoms with E-state index >= 15 is 0 Å². The van der Waals surface area contributed by atoms with Crippen LogP contribution in [0.25, 0.3) is 17.0 Å².